The molecule has 2 atom stereocenters. The van der Waals surface area contributed by atoms with Crippen LogP contribution in [0.15, 0.2) is 30.3 Å². The summed E-state index contributed by atoms with van der Waals surface area (Å²) in [6.45, 7) is 6.90. The SMILES string of the molecule is CCOC(=O)C1CCN(C[C@@H](O)CO[C@@H](CC)c2ccccc2)CC1. The van der Waals surface area contributed by atoms with Crippen molar-refractivity contribution in [2.24, 2.45) is 5.92 Å². The molecule has 1 aliphatic rings. The summed E-state index contributed by atoms with van der Waals surface area (Å²) in [6.07, 6.45) is 1.98. The molecule has 0 saturated carbocycles. The van der Waals surface area contributed by atoms with Crippen molar-refractivity contribution in [3.8, 4) is 0 Å². The number of esters is 1. The van der Waals surface area contributed by atoms with Crippen LogP contribution in [0.2, 0.25) is 0 Å². The summed E-state index contributed by atoms with van der Waals surface area (Å²) in [7, 11) is 0. The van der Waals surface area contributed by atoms with E-state index in [9.17, 15) is 9.90 Å². The molecule has 0 radical (unpaired) electrons. The third-order valence-electron chi connectivity index (χ3n) is 4.71. The van der Waals surface area contributed by atoms with Crippen LogP contribution in [0, 0.1) is 5.92 Å². The Kier molecular flexibility index (Phi) is 8.38. The Morgan fingerprint density at radius 2 is 1.92 bits per heavy atom. The third-order valence-corrected chi connectivity index (χ3v) is 4.71. The first kappa shape index (κ1) is 19.9. The number of carbonyl (C=O) groups is 1. The Morgan fingerprint density at radius 1 is 1.24 bits per heavy atom. The van der Waals surface area contributed by atoms with Crippen LogP contribution in [0.3, 0.4) is 0 Å². The number of β-amino-alcohol motifs (C(OH)–C–C–N with tert-alkyl or cyclic N) is 1. The first-order chi connectivity index (χ1) is 12.1. The van der Waals surface area contributed by atoms with Crippen molar-refractivity contribution in [1.29, 1.82) is 0 Å². The summed E-state index contributed by atoms with van der Waals surface area (Å²) in [5.41, 5.74) is 1.15. The van der Waals surface area contributed by atoms with Gasteiger partial charge >= 0.3 is 5.97 Å². The minimum atomic E-state index is -0.517. The van der Waals surface area contributed by atoms with E-state index in [4.69, 9.17) is 9.47 Å². The zero-order valence-corrected chi connectivity index (χ0v) is 15.4. The van der Waals surface area contributed by atoms with Gasteiger partial charge in [0.1, 0.15) is 0 Å². The van der Waals surface area contributed by atoms with Gasteiger partial charge in [0, 0.05) is 6.54 Å². The standard InChI is InChI=1S/C20H31NO4/c1-3-19(16-8-6-5-7-9-16)25-15-18(22)14-21-12-10-17(11-13-21)20(23)24-4-2/h5-9,17-19,22H,3-4,10-15H2,1-2H3/t18-,19+/m1/s1. The number of benzene rings is 1. The fraction of sp³-hybridized carbons (Fsp3) is 0.650. The lowest BCUT2D eigenvalue weighted by Gasteiger charge is -2.32. The van der Waals surface area contributed by atoms with Gasteiger partial charge in [-0.25, -0.2) is 0 Å². The molecular weight excluding hydrogens is 318 g/mol. The van der Waals surface area contributed by atoms with Crippen LogP contribution in [-0.2, 0) is 14.3 Å². The van der Waals surface area contributed by atoms with Gasteiger partial charge in [-0.05, 0) is 44.8 Å². The molecule has 1 N–H and O–H groups in total. The van der Waals surface area contributed by atoms with Crippen LogP contribution < -0.4 is 0 Å². The number of nitrogens with zero attached hydrogens (tertiary/aromatic N) is 1. The van der Waals surface area contributed by atoms with Crippen LogP contribution in [-0.4, -0.2) is 54.9 Å². The molecular formula is C20H31NO4. The van der Waals surface area contributed by atoms with Gasteiger partial charge in [0.05, 0.1) is 31.3 Å². The van der Waals surface area contributed by atoms with Gasteiger partial charge in [0.25, 0.3) is 0 Å². The predicted molar refractivity (Wildman–Crippen MR) is 97.2 cm³/mol. The van der Waals surface area contributed by atoms with Gasteiger partial charge in [-0.15, -0.1) is 0 Å². The lowest BCUT2D eigenvalue weighted by molar-refractivity contribution is -0.149. The highest BCUT2D eigenvalue weighted by Gasteiger charge is 2.27. The summed E-state index contributed by atoms with van der Waals surface area (Å²) in [5.74, 6) is -0.0770. The average Bonchev–Trinajstić information content (AvgIpc) is 2.64. The van der Waals surface area contributed by atoms with E-state index in [0.29, 0.717) is 19.8 Å². The quantitative estimate of drug-likeness (QED) is 0.695. The van der Waals surface area contributed by atoms with E-state index in [-0.39, 0.29) is 18.0 Å². The number of aliphatic hydroxyl groups excluding tert-OH is 1. The molecule has 0 unspecified atom stereocenters. The lowest BCUT2D eigenvalue weighted by atomic mass is 9.97. The molecule has 1 aromatic rings. The van der Waals surface area contributed by atoms with Gasteiger partial charge in [-0.1, -0.05) is 37.3 Å². The van der Waals surface area contributed by atoms with Gasteiger partial charge < -0.3 is 19.5 Å². The maximum absolute atomic E-state index is 11.8. The van der Waals surface area contributed by atoms with Gasteiger partial charge in [-0.3, -0.25) is 4.79 Å². The summed E-state index contributed by atoms with van der Waals surface area (Å²) in [6, 6.07) is 10.1. The maximum atomic E-state index is 11.8. The van der Waals surface area contributed by atoms with Gasteiger partial charge in [-0.2, -0.15) is 0 Å². The molecule has 0 spiro atoms. The summed E-state index contributed by atoms with van der Waals surface area (Å²) < 4.78 is 11.0. The number of hydrogen-bond donors (Lipinski definition) is 1. The van der Waals surface area contributed by atoms with Crippen molar-refractivity contribution in [3.63, 3.8) is 0 Å². The number of rotatable bonds is 9. The minimum absolute atomic E-state index is 0.00662. The Labute approximate surface area is 150 Å². The molecule has 2 rings (SSSR count). The minimum Gasteiger partial charge on any atom is -0.466 e. The van der Waals surface area contributed by atoms with E-state index in [0.717, 1.165) is 37.9 Å². The second kappa shape index (κ2) is 10.5. The summed E-state index contributed by atoms with van der Waals surface area (Å²) in [5, 5.41) is 10.3. The van der Waals surface area contributed by atoms with Crippen molar-refractivity contribution in [2.45, 2.75) is 45.3 Å². The largest absolute Gasteiger partial charge is 0.466 e. The second-order valence-corrected chi connectivity index (χ2v) is 6.62. The van der Waals surface area contributed by atoms with Gasteiger partial charge in [0.2, 0.25) is 0 Å². The molecule has 1 aromatic carbocycles. The maximum Gasteiger partial charge on any atom is 0.309 e. The highest BCUT2D eigenvalue weighted by molar-refractivity contribution is 5.72. The molecule has 140 valence electrons. The van der Waals surface area contributed by atoms with Crippen LogP contribution in [0.5, 0.6) is 0 Å². The van der Waals surface area contributed by atoms with E-state index >= 15 is 0 Å². The Bertz CT molecular complexity index is 500. The highest BCUT2D eigenvalue weighted by Crippen LogP contribution is 2.22. The summed E-state index contributed by atoms with van der Waals surface area (Å²) >= 11 is 0. The zero-order chi connectivity index (χ0) is 18.1. The van der Waals surface area contributed by atoms with Crippen LogP contribution in [0.4, 0.5) is 0 Å². The van der Waals surface area contributed by atoms with Crippen LogP contribution in [0.25, 0.3) is 0 Å². The number of carbonyl (C=O) groups excluding carboxylic acids is 1. The molecule has 1 aliphatic heterocycles. The van der Waals surface area contributed by atoms with Crippen molar-refractivity contribution >= 4 is 5.97 Å². The number of likely N-dealkylation sites (tertiary alicyclic amines) is 1. The molecule has 5 nitrogen and oxygen atoms in total. The molecule has 5 heteroatoms. The first-order valence-electron chi connectivity index (χ1n) is 9.37. The number of hydrogen-bond acceptors (Lipinski definition) is 5. The molecule has 0 bridgehead atoms. The number of piperidine rings is 1. The van der Waals surface area contributed by atoms with Crippen LogP contribution in [0.1, 0.15) is 44.8 Å². The smallest absolute Gasteiger partial charge is 0.309 e. The molecule has 0 aliphatic carbocycles. The Morgan fingerprint density at radius 3 is 2.52 bits per heavy atom. The fourth-order valence-electron chi connectivity index (χ4n) is 3.31. The number of ether oxygens (including phenoxy) is 2. The van der Waals surface area contributed by atoms with E-state index in [2.05, 4.69) is 24.0 Å². The van der Waals surface area contributed by atoms with Gasteiger partial charge in [0.15, 0.2) is 0 Å². The monoisotopic (exact) mass is 349 g/mol. The van der Waals surface area contributed by atoms with E-state index in [1.54, 1.807) is 0 Å². The molecule has 0 aromatic heterocycles. The average molecular weight is 349 g/mol. The van der Waals surface area contributed by atoms with Crippen molar-refractivity contribution in [3.05, 3.63) is 35.9 Å². The molecule has 25 heavy (non-hydrogen) atoms. The normalized spacial score (nSPS) is 18.7. The predicted octanol–water partition coefficient (Wildman–Crippen LogP) is 2.79. The lowest BCUT2D eigenvalue weighted by Crippen LogP contribution is -2.42. The zero-order valence-electron chi connectivity index (χ0n) is 15.4. The Hall–Kier alpha value is -1.43. The fourth-order valence-corrected chi connectivity index (χ4v) is 3.31. The molecule has 0 amide bonds. The molecule has 1 saturated heterocycles. The third kappa shape index (κ3) is 6.42. The van der Waals surface area contributed by atoms with E-state index in [1.165, 1.54) is 0 Å². The highest BCUT2D eigenvalue weighted by atomic mass is 16.5. The molecule has 1 heterocycles. The summed E-state index contributed by atoms with van der Waals surface area (Å²) in [4.78, 5) is 14.0. The van der Waals surface area contributed by atoms with E-state index in [1.807, 2.05) is 25.1 Å². The number of aliphatic hydroxyl groups is 1. The Balaban J connectivity index is 1.70. The second-order valence-electron chi connectivity index (χ2n) is 6.62. The van der Waals surface area contributed by atoms with Crippen molar-refractivity contribution in [1.82, 2.24) is 4.90 Å². The van der Waals surface area contributed by atoms with Crippen molar-refractivity contribution < 1.29 is 19.4 Å². The van der Waals surface area contributed by atoms with Crippen molar-refractivity contribution in [2.75, 3.05) is 32.8 Å². The topological polar surface area (TPSA) is 59.0 Å². The first-order valence-corrected chi connectivity index (χ1v) is 9.37. The van der Waals surface area contributed by atoms with Crippen LogP contribution >= 0.6 is 0 Å². The van der Waals surface area contributed by atoms with E-state index < -0.39 is 6.10 Å². The molecule has 1 fully saturated rings.